The first-order valence-electron chi connectivity index (χ1n) is 7.65. The second-order valence-electron chi connectivity index (χ2n) is 5.42. The molecule has 2 aromatic heterocycles. The molecule has 4 nitrogen and oxygen atoms in total. The molecule has 0 fully saturated rings. The lowest BCUT2D eigenvalue weighted by molar-refractivity contribution is 1.18. The van der Waals surface area contributed by atoms with Crippen molar-refractivity contribution < 1.29 is 0 Å². The van der Waals surface area contributed by atoms with Crippen LogP contribution in [0.1, 0.15) is 5.56 Å². The Hall–Kier alpha value is -3.58. The quantitative estimate of drug-likeness (QED) is 0.601. The van der Waals surface area contributed by atoms with E-state index in [0.717, 1.165) is 28.4 Å². The average molecular weight is 310 g/mol. The van der Waals surface area contributed by atoms with Crippen molar-refractivity contribution in [2.24, 2.45) is 0 Å². The van der Waals surface area contributed by atoms with Crippen LogP contribution in [0.2, 0.25) is 0 Å². The van der Waals surface area contributed by atoms with E-state index in [4.69, 9.17) is 10.2 Å². The highest BCUT2D eigenvalue weighted by Gasteiger charge is 2.13. The fourth-order valence-corrected chi connectivity index (χ4v) is 2.68. The summed E-state index contributed by atoms with van der Waals surface area (Å²) in [6.07, 6.45) is 1.99. The number of aromatic nitrogens is 2. The second-order valence-corrected chi connectivity index (χ2v) is 5.42. The van der Waals surface area contributed by atoms with E-state index in [9.17, 15) is 0 Å². The molecule has 2 aromatic carbocycles. The smallest absolute Gasteiger partial charge is 0.143 e. The molecular weight excluding hydrogens is 296 g/mol. The Labute approximate surface area is 139 Å². The third-order valence-corrected chi connectivity index (χ3v) is 3.85. The monoisotopic (exact) mass is 310 g/mol. The first-order valence-corrected chi connectivity index (χ1v) is 7.65. The van der Waals surface area contributed by atoms with Gasteiger partial charge in [0.15, 0.2) is 0 Å². The van der Waals surface area contributed by atoms with Crippen LogP contribution < -0.4 is 5.32 Å². The Morgan fingerprint density at radius 3 is 2.38 bits per heavy atom. The number of imidazole rings is 1. The third-order valence-electron chi connectivity index (χ3n) is 3.85. The summed E-state index contributed by atoms with van der Waals surface area (Å²) in [6, 6.07) is 25.6. The van der Waals surface area contributed by atoms with Gasteiger partial charge in [-0.1, -0.05) is 36.4 Å². The van der Waals surface area contributed by atoms with Gasteiger partial charge in [-0.3, -0.25) is 4.40 Å². The third kappa shape index (κ3) is 2.49. The van der Waals surface area contributed by atoms with Crippen molar-refractivity contribution in [3.63, 3.8) is 0 Å². The lowest BCUT2D eigenvalue weighted by atomic mass is 10.1. The number of hydrogen-bond donors (Lipinski definition) is 1. The van der Waals surface area contributed by atoms with Crippen LogP contribution >= 0.6 is 0 Å². The molecule has 2 heterocycles. The maximum atomic E-state index is 8.93. The highest BCUT2D eigenvalue weighted by Crippen LogP contribution is 2.30. The van der Waals surface area contributed by atoms with Crippen LogP contribution in [0.4, 0.5) is 11.5 Å². The van der Waals surface area contributed by atoms with Gasteiger partial charge in [0.25, 0.3) is 0 Å². The van der Waals surface area contributed by atoms with Gasteiger partial charge in [0, 0.05) is 17.4 Å². The van der Waals surface area contributed by atoms with Gasteiger partial charge >= 0.3 is 0 Å². The van der Waals surface area contributed by atoms with Crippen molar-refractivity contribution >= 4 is 17.2 Å². The van der Waals surface area contributed by atoms with Gasteiger partial charge in [0.1, 0.15) is 17.2 Å². The topological polar surface area (TPSA) is 53.1 Å². The van der Waals surface area contributed by atoms with E-state index in [-0.39, 0.29) is 0 Å². The van der Waals surface area contributed by atoms with Gasteiger partial charge in [-0.15, -0.1) is 0 Å². The average Bonchev–Trinajstić information content (AvgIpc) is 3.02. The largest absolute Gasteiger partial charge is 0.339 e. The summed E-state index contributed by atoms with van der Waals surface area (Å²) in [5.41, 5.74) is 4.38. The summed E-state index contributed by atoms with van der Waals surface area (Å²) in [7, 11) is 0. The van der Waals surface area contributed by atoms with Crippen LogP contribution in [-0.4, -0.2) is 9.38 Å². The summed E-state index contributed by atoms with van der Waals surface area (Å²) < 4.78 is 2.03. The first kappa shape index (κ1) is 14.0. The Bertz CT molecular complexity index is 1020. The predicted octanol–water partition coefficient (Wildman–Crippen LogP) is 4.62. The zero-order valence-corrected chi connectivity index (χ0v) is 12.8. The van der Waals surface area contributed by atoms with E-state index in [1.54, 1.807) is 12.1 Å². The van der Waals surface area contributed by atoms with Crippen LogP contribution in [0.25, 0.3) is 16.9 Å². The molecule has 4 aromatic rings. The van der Waals surface area contributed by atoms with Crippen LogP contribution in [0, 0.1) is 11.3 Å². The molecule has 0 saturated heterocycles. The maximum Gasteiger partial charge on any atom is 0.143 e. The second kappa shape index (κ2) is 5.90. The van der Waals surface area contributed by atoms with Gasteiger partial charge < -0.3 is 5.32 Å². The molecule has 0 atom stereocenters. The summed E-state index contributed by atoms with van der Waals surface area (Å²) in [6.45, 7) is 0. The van der Waals surface area contributed by atoms with Crippen LogP contribution in [0.15, 0.2) is 79.0 Å². The molecule has 0 aliphatic carbocycles. The number of benzene rings is 2. The van der Waals surface area contributed by atoms with E-state index in [1.165, 1.54) is 0 Å². The molecule has 0 bridgehead atoms. The zero-order chi connectivity index (χ0) is 16.4. The molecule has 0 radical (unpaired) electrons. The van der Waals surface area contributed by atoms with Crippen molar-refractivity contribution in [1.82, 2.24) is 9.38 Å². The zero-order valence-electron chi connectivity index (χ0n) is 12.8. The fourth-order valence-electron chi connectivity index (χ4n) is 2.68. The van der Waals surface area contributed by atoms with E-state index >= 15 is 0 Å². The molecule has 24 heavy (non-hydrogen) atoms. The highest BCUT2D eigenvalue weighted by molar-refractivity contribution is 5.79. The fraction of sp³-hybridized carbons (Fsp3) is 0. The SMILES string of the molecule is N#Cc1ccc(Nc2c(-c3ccccc3)nc3ccccn23)cc1. The van der Waals surface area contributed by atoms with E-state index in [0.29, 0.717) is 5.56 Å². The summed E-state index contributed by atoms with van der Waals surface area (Å²) in [4.78, 5) is 4.76. The molecule has 1 N–H and O–H groups in total. The van der Waals surface area contributed by atoms with Crippen LogP contribution in [-0.2, 0) is 0 Å². The van der Waals surface area contributed by atoms with Gasteiger partial charge in [-0.05, 0) is 36.4 Å². The van der Waals surface area contributed by atoms with E-state index in [2.05, 4.69) is 11.4 Å². The van der Waals surface area contributed by atoms with Gasteiger partial charge in [0.05, 0.1) is 11.6 Å². The molecular formula is C20H14N4. The molecule has 114 valence electrons. The minimum absolute atomic E-state index is 0.641. The number of nitrogens with zero attached hydrogens (tertiary/aromatic N) is 3. The van der Waals surface area contributed by atoms with Gasteiger partial charge in [-0.2, -0.15) is 5.26 Å². The molecule has 0 unspecified atom stereocenters. The molecule has 0 spiro atoms. The molecule has 0 amide bonds. The highest BCUT2D eigenvalue weighted by atomic mass is 15.1. The number of hydrogen-bond acceptors (Lipinski definition) is 3. The lowest BCUT2D eigenvalue weighted by Crippen LogP contribution is -1.96. The number of rotatable bonds is 3. The van der Waals surface area contributed by atoms with Crippen molar-refractivity contribution in [3.8, 4) is 17.3 Å². The molecule has 4 heteroatoms. The molecule has 4 rings (SSSR count). The maximum absolute atomic E-state index is 8.93. The van der Waals surface area contributed by atoms with Crippen LogP contribution in [0.5, 0.6) is 0 Å². The van der Waals surface area contributed by atoms with Crippen molar-refractivity contribution in [3.05, 3.63) is 84.6 Å². The number of nitriles is 1. The standard InChI is InChI=1S/C20H14N4/c21-14-15-9-11-17(12-10-15)22-20-19(16-6-2-1-3-7-16)23-18-8-4-5-13-24(18)20/h1-13,22H. The molecule has 0 aliphatic rings. The normalized spacial score (nSPS) is 10.5. The summed E-state index contributed by atoms with van der Waals surface area (Å²) in [5.74, 6) is 0.904. The Balaban J connectivity index is 1.84. The predicted molar refractivity (Wildman–Crippen MR) is 95.1 cm³/mol. The Morgan fingerprint density at radius 2 is 1.62 bits per heavy atom. The number of anilines is 2. The number of fused-ring (bicyclic) bond motifs is 1. The van der Waals surface area contributed by atoms with Gasteiger partial charge in [-0.25, -0.2) is 4.98 Å². The van der Waals surface area contributed by atoms with Crippen molar-refractivity contribution in [2.45, 2.75) is 0 Å². The Kier molecular flexibility index (Phi) is 3.45. The summed E-state index contributed by atoms with van der Waals surface area (Å²) >= 11 is 0. The number of pyridine rings is 1. The lowest BCUT2D eigenvalue weighted by Gasteiger charge is -2.09. The molecule has 0 aliphatic heterocycles. The van der Waals surface area contributed by atoms with Gasteiger partial charge in [0.2, 0.25) is 0 Å². The van der Waals surface area contributed by atoms with Crippen molar-refractivity contribution in [2.75, 3.05) is 5.32 Å². The van der Waals surface area contributed by atoms with E-state index < -0.39 is 0 Å². The minimum atomic E-state index is 0.641. The Morgan fingerprint density at radius 1 is 0.875 bits per heavy atom. The minimum Gasteiger partial charge on any atom is -0.339 e. The summed E-state index contributed by atoms with van der Waals surface area (Å²) in [5, 5.41) is 12.4. The molecule has 0 saturated carbocycles. The van der Waals surface area contributed by atoms with Crippen molar-refractivity contribution in [1.29, 1.82) is 5.26 Å². The van der Waals surface area contributed by atoms with Crippen LogP contribution in [0.3, 0.4) is 0 Å². The number of nitrogens with one attached hydrogen (secondary N) is 1. The first-order chi connectivity index (χ1) is 11.8. The van der Waals surface area contributed by atoms with E-state index in [1.807, 2.05) is 71.3 Å².